The van der Waals surface area contributed by atoms with Gasteiger partial charge in [0.05, 0.1) is 0 Å². The topological polar surface area (TPSA) is 51.3 Å². The summed E-state index contributed by atoms with van der Waals surface area (Å²) >= 11 is 0. The van der Waals surface area contributed by atoms with E-state index in [0.717, 1.165) is 36.8 Å². The van der Waals surface area contributed by atoms with Crippen LogP contribution in [0.25, 0.3) is 17.0 Å². The van der Waals surface area contributed by atoms with Gasteiger partial charge in [-0.05, 0) is 73.9 Å². The van der Waals surface area contributed by atoms with Gasteiger partial charge >= 0.3 is 0 Å². The van der Waals surface area contributed by atoms with E-state index in [0.29, 0.717) is 5.92 Å². The van der Waals surface area contributed by atoms with Gasteiger partial charge in [-0.1, -0.05) is 38.6 Å². The molecule has 3 aliphatic carbocycles. The molecule has 4 heteroatoms. The second kappa shape index (κ2) is 5.79. The lowest BCUT2D eigenvalue weighted by atomic mass is 9.48. The molecule has 1 spiro atoms. The Morgan fingerprint density at radius 2 is 1.97 bits per heavy atom. The number of carbonyl (C=O) groups is 1. The highest BCUT2D eigenvalue weighted by Gasteiger charge is 2.68. The van der Waals surface area contributed by atoms with E-state index in [9.17, 15) is 4.79 Å². The Hall–Kier alpha value is -2.43. The zero-order chi connectivity index (χ0) is 23.0. The van der Waals surface area contributed by atoms with Crippen molar-refractivity contribution in [1.29, 1.82) is 0 Å². The number of hydrogen-bond acceptors (Lipinski definition) is 3. The first-order valence-corrected chi connectivity index (χ1v) is 12.3. The molecular weight excluding hydrogens is 410 g/mol. The molecule has 2 fully saturated rings. The number of allylic oxidation sites excluding steroid dienone is 1. The summed E-state index contributed by atoms with van der Waals surface area (Å²) in [6.07, 6.45) is 9.49. The van der Waals surface area contributed by atoms with E-state index in [-0.39, 0.29) is 16.6 Å². The van der Waals surface area contributed by atoms with Gasteiger partial charge in [-0.15, -0.1) is 0 Å². The molecular formula is C29H31NO3. The zero-order valence-corrected chi connectivity index (χ0v) is 19.9. The number of aromatic amines is 1. The minimum atomic E-state index is -0.780. The summed E-state index contributed by atoms with van der Waals surface area (Å²) < 4.78 is 12.9. The number of aromatic nitrogens is 1. The maximum Gasteiger partial charge on any atom is 0.196 e. The predicted octanol–water partition coefficient (Wildman–Crippen LogP) is 5.77. The standard InChI is InChI=1S/C29H31NO3/c1-6-16-7-10-22-18(13-16)19-14-17-8-9-20-21-15-23(31)25-26(2,3)33-29(21,32-25)12-11-27(20,4)28(17,5)24(19)30-22/h6-7,9-10,13,15,17,25,30H,1,8,11-12,14H2,2-5H3/t17-,25-,27-,28+,29?/m0/s1. The van der Waals surface area contributed by atoms with Gasteiger partial charge < -0.3 is 14.5 Å². The monoisotopic (exact) mass is 441 g/mol. The molecule has 170 valence electrons. The van der Waals surface area contributed by atoms with Crippen molar-refractivity contribution in [1.82, 2.24) is 4.98 Å². The van der Waals surface area contributed by atoms with Crippen molar-refractivity contribution in [2.24, 2.45) is 11.3 Å². The van der Waals surface area contributed by atoms with Crippen molar-refractivity contribution in [2.45, 2.75) is 76.3 Å². The Bertz CT molecular complexity index is 1340. The molecule has 1 unspecified atom stereocenters. The molecule has 4 nitrogen and oxygen atoms in total. The van der Waals surface area contributed by atoms with Crippen LogP contribution in [-0.4, -0.2) is 28.3 Å². The van der Waals surface area contributed by atoms with Crippen LogP contribution < -0.4 is 0 Å². The van der Waals surface area contributed by atoms with Gasteiger partial charge in [-0.3, -0.25) is 4.79 Å². The maximum absolute atomic E-state index is 13.1. The molecule has 0 amide bonds. The molecule has 5 atom stereocenters. The van der Waals surface area contributed by atoms with E-state index in [4.69, 9.17) is 9.47 Å². The lowest BCUT2D eigenvalue weighted by molar-refractivity contribution is -0.180. The van der Waals surface area contributed by atoms with E-state index in [1.165, 1.54) is 27.7 Å². The van der Waals surface area contributed by atoms with E-state index < -0.39 is 17.5 Å². The molecule has 0 radical (unpaired) electrons. The van der Waals surface area contributed by atoms with Crippen LogP contribution >= 0.6 is 0 Å². The van der Waals surface area contributed by atoms with Gasteiger partial charge in [0.15, 0.2) is 17.7 Å². The molecule has 33 heavy (non-hydrogen) atoms. The SMILES string of the molecule is C=Cc1ccc2[nH]c3c(c2c1)C[C@@H]1CC=C2C4=CC(=O)[C@@H]5OC4(CC[C@]2(C)[C@@]31C)OC5(C)C. The van der Waals surface area contributed by atoms with Crippen molar-refractivity contribution in [3.05, 3.63) is 64.9 Å². The number of ketones is 1. The zero-order valence-electron chi connectivity index (χ0n) is 19.9. The van der Waals surface area contributed by atoms with Gasteiger partial charge in [0, 0.05) is 39.4 Å². The van der Waals surface area contributed by atoms with Gasteiger partial charge in [-0.25, -0.2) is 0 Å². The van der Waals surface area contributed by atoms with Crippen LogP contribution in [0.1, 0.15) is 63.8 Å². The number of fused-ring (bicyclic) bond motifs is 9. The number of H-pyrrole nitrogens is 1. The molecule has 2 aliphatic heterocycles. The first-order chi connectivity index (χ1) is 15.6. The first kappa shape index (κ1) is 20.0. The third-order valence-corrected chi connectivity index (χ3v) is 9.87. The van der Waals surface area contributed by atoms with Crippen molar-refractivity contribution in [3.63, 3.8) is 0 Å². The fourth-order valence-electron chi connectivity index (χ4n) is 7.94. The van der Waals surface area contributed by atoms with Gasteiger partial charge in [0.2, 0.25) is 0 Å². The Morgan fingerprint density at radius 3 is 2.76 bits per heavy atom. The minimum absolute atomic E-state index is 0.0372. The summed E-state index contributed by atoms with van der Waals surface area (Å²) in [5, 5.41) is 1.33. The van der Waals surface area contributed by atoms with Crippen LogP contribution in [0.15, 0.2) is 48.1 Å². The third kappa shape index (κ3) is 2.14. The Balaban J connectivity index is 1.40. The maximum atomic E-state index is 13.1. The highest BCUT2D eigenvalue weighted by molar-refractivity contribution is 5.98. The summed E-state index contributed by atoms with van der Waals surface area (Å²) in [6.45, 7) is 12.8. The summed E-state index contributed by atoms with van der Waals surface area (Å²) in [5.74, 6) is -0.208. The predicted molar refractivity (Wildman–Crippen MR) is 129 cm³/mol. The van der Waals surface area contributed by atoms with Crippen LogP contribution in [0.2, 0.25) is 0 Å². The van der Waals surface area contributed by atoms with Crippen LogP contribution in [0.4, 0.5) is 0 Å². The quantitative estimate of drug-likeness (QED) is 0.611. The number of hydrogen-bond donors (Lipinski definition) is 1. The highest BCUT2D eigenvalue weighted by atomic mass is 16.8. The fourth-order valence-corrected chi connectivity index (χ4v) is 7.94. The second-order valence-corrected chi connectivity index (χ2v) is 11.7. The Kier molecular flexibility index (Phi) is 3.51. The van der Waals surface area contributed by atoms with E-state index in [1.807, 2.05) is 26.0 Å². The van der Waals surface area contributed by atoms with Crippen molar-refractivity contribution in [2.75, 3.05) is 0 Å². The number of carbonyl (C=O) groups excluding carboxylic acids is 1. The number of benzene rings is 1. The molecule has 1 aromatic heterocycles. The second-order valence-electron chi connectivity index (χ2n) is 11.7. The van der Waals surface area contributed by atoms with Gasteiger partial charge in [0.1, 0.15) is 5.60 Å². The smallest absolute Gasteiger partial charge is 0.196 e. The van der Waals surface area contributed by atoms with Crippen molar-refractivity contribution >= 4 is 22.8 Å². The largest absolute Gasteiger partial charge is 0.358 e. The molecule has 2 aromatic rings. The molecule has 1 N–H and O–H groups in total. The van der Waals surface area contributed by atoms with E-state index >= 15 is 0 Å². The van der Waals surface area contributed by atoms with Crippen molar-refractivity contribution < 1.29 is 14.3 Å². The Labute approximate surface area is 194 Å². The van der Waals surface area contributed by atoms with E-state index in [2.05, 4.69) is 49.7 Å². The number of rotatable bonds is 1. The summed E-state index contributed by atoms with van der Waals surface area (Å²) in [4.78, 5) is 16.9. The lowest BCUT2D eigenvalue weighted by Gasteiger charge is -2.58. The lowest BCUT2D eigenvalue weighted by Crippen LogP contribution is -2.56. The molecule has 3 heterocycles. The molecule has 1 aromatic carbocycles. The van der Waals surface area contributed by atoms with Crippen molar-refractivity contribution in [3.8, 4) is 0 Å². The molecule has 2 bridgehead atoms. The molecule has 1 saturated carbocycles. The fraction of sp³-hybridized carbons (Fsp3) is 0.483. The average molecular weight is 442 g/mol. The summed E-state index contributed by atoms with van der Waals surface area (Å²) in [6, 6.07) is 6.59. The van der Waals surface area contributed by atoms with Crippen LogP contribution in [0.3, 0.4) is 0 Å². The average Bonchev–Trinajstić information content (AvgIpc) is 3.36. The normalized spacial score (nSPS) is 39.9. The van der Waals surface area contributed by atoms with Crippen LogP contribution in [-0.2, 0) is 26.1 Å². The molecule has 7 rings (SSSR count). The van der Waals surface area contributed by atoms with E-state index in [1.54, 1.807) is 0 Å². The molecule has 1 saturated heterocycles. The first-order valence-electron chi connectivity index (χ1n) is 12.3. The number of ether oxygens (including phenoxy) is 2. The minimum Gasteiger partial charge on any atom is -0.358 e. The van der Waals surface area contributed by atoms with Gasteiger partial charge in [0.25, 0.3) is 0 Å². The highest BCUT2D eigenvalue weighted by Crippen LogP contribution is 2.68. The Morgan fingerprint density at radius 1 is 1.15 bits per heavy atom. The number of nitrogens with one attached hydrogen (secondary N) is 1. The van der Waals surface area contributed by atoms with Gasteiger partial charge in [-0.2, -0.15) is 0 Å². The van der Waals surface area contributed by atoms with Crippen LogP contribution in [0, 0.1) is 11.3 Å². The van der Waals surface area contributed by atoms with Crippen LogP contribution in [0.5, 0.6) is 0 Å². The summed E-state index contributed by atoms with van der Waals surface area (Å²) in [7, 11) is 0. The molecule has 5 aliphatic rings. The summed E-state index contributed by atoms with van der Waals surface area (Å²) in [5.41, 5.74) is 6.68. The third-order valence-electron chi connectivity index (χ3n) is 9.87.